The van der Waals surface area contributed by atoms with Crippen molar-refractivity contribution in [1.82, 2.24) is 0 Å². The molecule has 0 aliphatic heterocycles. The van der Waals surface area contributed by atoms with Gasteiger partial charge in [0.1, 0.15) is 0 Å². The van der Waals surface area contributed by atoms with Crippen LogP contribution < -0.4 is 0 Å². The molecule has 0 bridgehead atoms. The number of hydrogen-bond donors (Lipinski definition) is 1. The van der Waals surface area contributed by atoms with Gasteiger partial charge in [0.05, 0.1) is 6.10 Å². The first kappa shape index (κ1) is 12.4. The van der Waals surface area contributed by atoms with Crippen LogP contribution >= 0.6 is 0 Å². The minimum Gasteiger partial charge on any atom is -0.393 e. The van der Waals surface area contributed by atoms with Crippen molar-refractivity contribution in [1.29, 1.82) is 0 Å². The molecule has 1 atom stereocenters. The van der Waals surface area contributed by atoms with Gasteiger partial charge in [-0.25, -0.2) is 0 Å². The second kappa shape index (κ2) is 5.42. The largest absolute Gasteiger partial charge is 0.393 e. The fourth-order valence-corrected chi connectivity index (χ4v) is 2.52. The highest BCUT2D eigenvalue weighted by Gasteiger charge is 2.21. The normalized spacial score (nSPS) is 13.9. The molecule has 3 heteroatoms. The van der Waals surface area contributed by atoms with E-state index in [4.69, 9.17) is 0 Å². The van der Waals surface area contributed by atoms with Crippen LogP contribution in [-0.4, -0.2) is 19.6 Å². The van der Waals surface area contributed by atoms with E-state index >= 15 is 0 Å². The van der Waals surface area contributed by atoms with E-state index < -0.39 is 14.5 Å². The summed E-state index contributed by atoms with van der Waals surface area (Å²) in [6.45, 7) is 3.37. The van der Waals surface area contributed by atoms with Gasteiger partial charge in [0.2, 0.25) is 8.41 Å². The van der Waals surface area contributed by atoms with Gasteiger partial charge in [-0.1, -0.05) is 30.3 Å². The summed E-state index contributed by atoms with van der Waals surface area (Å²) in [5.74, 6) is 0. The van der Waals surface area contributed by atoms with E-state index in [1.165, 1.54) is 0 Å². The van der Waals surface area contributed by atoms with E-state index in [-0.39, 0.29) is 0 Å². The molecule has 1 unspecified atom stereocenters. The Kier molecular flexibility index (Phi) is 4.48. The van der Waals surface area contributed by atoms with E-state index in [9.17, 15) is 9.21 Å². The Balaban J connectivity index is 2.34. The molecule has 0 spiro atoms. The van der Waals surface area contributed by atoms with Crippen LogP contribution in [0.3, 0.4) is 0 Å². The van der Waals surface area contributed by atoms with Gasteiger partial charge >= 0.3 is 0 Å². The number of aliphatic hydroxyl groups is 1. The highest BCUT2D eigenvalue weighted by atomic mass is 28.4. The summed E-state index contributed by atoms with van der Waals surface area (Å²) in [5.41, 5.74) is 1.11. The second-order valence-electron chi connectivity index (χ2n) is 4.60. The smallest absolute Gasteiger partial charge is 0.241 e. The van der Waals surface area contributed by atoms with Crippen molar-refractivity contribution in [3.63, 3.8) is 0 Å². The van der Waals surface area contributed by atoms with Gasteiger partial charge in [-0.3, -0.25) is 0 Å². The summed E-state index contributed by atoms with van der Waals surface area (Å²) in [5, 5.41) is 9.72. The Labute approximate surface area is 92.1 Å². The maximum absolute atomic E-state index is 13.3. The average molecular weight is 226 g/mol. The van der Waals surface area contributed by atoms with Crippen molar-refractivity contribution in [2.75, 3.05) is 0 Å². The SMILES string of the molecule is C[Si](C)(F)CCC(O)Cc1ccccc1. The molecule has 1 aromatic rings. The van der Waals surface area contributed by atoms with E-state index in [0.29, 0.717) is 18.9 Å². The summed E-state index contributed by atoms with van der Waals surface area (Å²) in [4.78, 5) is 0. The zero-order valence-electron chi connectivity index (χ0n) is 9.41. The van der Waals surface area contributed by atoms with Crippen molar-refractivity contribution in [3.8, 4) is 0 Å². The van der Waals surface area contributed by atoms with Crippen molar-refractivity contribution in [2.45, 2.75) is 38.1 Å². The van der Waals surface area contributed by atoms with Gasteiger partial charge in [0, 0.05) is 0 Å². The van der Waals surface area contributed by atoms with Crippen molar-refractivity contribution in [2.24, 2.45) is 0 Å². The summed E-state index contributed by atoms with van der Waals surface area (Å²) < 4.78 is 13.3. The van der Waals surface area contributed by atoms with E-state index in [0.717, 1.165) is 5.56 Å². The first-order valence-corrected chi connectivity index (χ1v) is 8.47. The second-order valence-corrected chi connectivity index (χ2v) is 8.54. The van der Waals surface area contributed by atoms with Gasteiger partial charge in [-0.05, 0) is 37.5 Å². The predicted molar refractivity (Wildman–Crippen MR) is 64.2 cm³/mol. The topological polar surface area (TPSA) is 20.2 Å². The van der Waals surface area contributed by atoms with Crippen LogP contribution in [-0.2, 0) is 6.42 Å². The fraction of sp³-hybridized carbons (Fsp3) is 0.500. The molecule has 0 aromatic heterocycles. The molecular weight excluding hydrogens is 207 g/mol. The molecular formula is C12H19FOSi. The summed E-state index contributed by atoms with van der Waals surface area (Å²) in [6.07, 6.45) is 0.797. The molecule has 0 aliphatic carbocycles. The van der Waals surface area contributed by atoms with Crippen molar-refractivity contribution >= 4 is 8.41 Å². The zero-order valence-corrected chi connectivity index (χ0v) is 10.4. The Bertz CT molecular complexity index is 281. The monoisotopic (exact) mass is 226 g/mol. The quantitative estimate of drug-likeness (QED) is 0.604. The van der Waals surface area contributed by atoms with Crippen LogP contribution in [0.1, 0.15) is 12.0 Å². The lowest BCUT2D eigenvalue weighted by Gasteiger charge is -2.14. The van der Waals surface area contributed by atoms with Crippen molar-refractivity contribution in [3.05, 3.63) is 35.9 Å². The summed E-state index contributed by atoms with van der Waals surface area (Å²) in [6, 6.07) is 10.4. The molecule has 0 saturated carbocycles. The van der Waals surface area contributed by atoms with Gasteiger partial charge < -0.3 is 9.21 Å². The minimum atomic E-state index is -2.50. The van der Waals surface area contributed by atoms with Crippen LogP contribution in [0.15, 0.2) is 30.3 Å². The number of rotatable bonds is 5. The van der Waals surface area contributed by atoms with Gasteiger partial charge in [0.25, 0.3) is 0 Å². The molecule has 1 nitrogen and oxygen atoms in total. The molecule has 15 heavy (non-hydrogen) atoms. The highest BCUT2D eigenvalue weighted by molar-refractivity contribution is 6.70. The third kappa shape index (κ3) is 5.70. The summed E-state index contributed by atoms with van der Waals surface area (Å²) in [7, 11) is -2.50. The maximum atomic E-state index is 13.3. The number of hydrogen-bond acceptors (Lipinski definition) is 1. The average Bonchev–Trinajstić information content (AvgIpc) is 2.15. The Morgan fingerprint density at radius 2 is 1.87 bits per heavy atom. The van der Waals surface area contributed by atoms with Crippen molar-refractivity contribution < 1.29 is 9.21 Å². The van der Waals surface area contributed by atoms with E-state index in [2.05, 4.69) is 0 Å². The van der Waals surface area contributed by atoms with E-state index in [1.54, 1.807) is 13.1 Å². The third-order valence-electron chi connectivity index (χ3n) is 2.39. The molecule has 1 aromatic carbocycles. The molecule has 84 valence electrons. The van der Waals surface area contributed by atoms with Crippen LogP contribution in [0.25, 0.3) is 0 Å². The number of aliphatic hydroxyl groups excluding tert-OH is 1. The lowest BCUT2D eigenvalue weighted by molar-refractivity contribution is 0.170. The highest BCUT2D eigenvalue weighted by Crippen LogP contribution is 2.16. The van der Waals surface area contributed by atoms with Gasteiger partial charge in [0.15, 0.2) is 0 Å². The number of benzene rings is 1. The third-order valence-corrected chi connectivity index (χ3v) is 3.86. The predicted octanol–water partition coefficient (Wildman–Crippen LogP) is 3.15. The van der Waals surface area contributed by atoms with Crippen LogP contribution in [0.2, 0.25) is 19.1 Å². The Morgan fingerprint density at radius 3 is 2.40 bits per heavy atom. The minimum absolute atomic E-state index is 0.407. The van der Waals surface area contributed by atoms with Gasteiger partial charge in [-0.2, -0.15) is 0 Å². The molecule has 0 aliphatic rings. The molecule has 0 saturated heterocycles. The molecule has 1 N–H and O–H groups in total. The van der Waals surface area contributed by atoms with Crippen LogP contribution in [0, 0.1) is 0 Å². The molecule has 0 fully saturated rings. The summed E-state index contributed by atoms with van der Waals surface area (Å²) >= 11 is 0. The standard InChI is InChI=1S/C12H19FOSi/c1-15(2,13)9-8-12(14)10-11-6-4-3-5-7-11/h3-7,12,14H,8-10H2,1-2H3. The Morgan fingerprint density at radius 1 is 1.27 bits per heavy atom. The molecule has 0 heterocycles. The van der Waals surface area contributed by atoms with Gasteiger partial charge in [-0.15, -0.1) is 0 Å². The maximum Gasteiger partial charge on any atom is 0.241 e. The first-order valence-electron chi connectivity index (χ1n) is 5.38. The Hall–Kier alpha value is -0.673. The van der Waals surface area contributed by atoms with Crippen LogP contribution in [0.5, 0.6) is 0 Å². The number of halogens is 1. The molecule has 0 radical (unpaired) electrons. The lowest BCUT2D eigenvalue weighted by Crippen LogP contribution is -2.21. The molecule has 1 rings (SSSR count). The fourth-order valence-electron chi connectivity index (χ4n) is 1.50. The van der Waals surface area contributed by atoms with E-state index in [1.807, 2.05) is 30.3 Å². The first-order chi connectivity index (χ1) is 6.97. The molecule has 0 amide bonds. The lowest BCUT2D eigenvalue weighted by atomic mass is 10.1. The zero-order chi connectivity index (χ0) is 11.3. The van der Waals surface area contributed by atoms with Crippen LogP contribution in [0.4, 0.5) is 4.11 Å².